The lowest BCUT2D eigenvalue weighted by Gasteiger charge is -2.40. The highest BCUT2D eigenvalue weighted by atomic mass is 35.5. The molecule has 1 aliphatic heterocycles. The predicted molar refractivity (Wildman–Crippen MR) is 104 cm³/mol. The van der Waals surface area contributed by atoms with Gasteiger partial charge in [-0.2, -0.15) is 0 Å². The second-order valence-corrected chi connectivity index (χ2v) is 7.23. The Labute approximate surface area is 157 Å². The first kappa shape index (κ1) is 17.3. The fourth-order valence-electron chi connectivity index (χ4n) is 3.74. The molecule has 0 amide bonds. The number of hydrogen-bond donors (Lipinski definition) is 2. The molecule has 1 aliphatic rings. The largest absolute Gasteiger partial charge is 0.392 e. The van der Waals surface area contributed by atoms with Crippen LogP contribution < -0.4 is 4.90 Å². The molecule has 0 radical (unpaired) electrons. The highest BCUT2D eigenvalue weighted by Gasteiger charge is 2.36. The van der Waals surface area contributed by atoms with Gasteiger partial charge in [-0.3, -0.25) is 0 Å². The monoisotopic (exact) mass is 368 g/mol. The van der Waals surface area contributed by atoms with Gasteiger partial charge >= 0.3 is 0 Å². The minimum absolute atomic E-state index is 0.0571. The second kappa shape index (κ2) is 6.88. The molecule has 1 fully saturated rings. The van der Waals surface area contributed by atoms with Crippen LogP contribution in [0.5, 0.6) is 0 Å². The van der Waals surface area contributed by atoms with Gasteiger partial charge in [0, 0.05) is 34.6 Å². The van der Waals surface area contributed by atoms with Crippen molar-refractivity contribution in [3.8, 4) is 0 Å². The predicted octanol–water partition coefficient (Wildman–Crippen LogP) is 3.87. The summed E-state index contributed by atoms with van der Waals surface area (Å²) >= 11 is 6.29. The van der Waals surface area contributed by atoms with Crippen molar-refractivity contribution in [2.24, 2.45) is 0 Å². The molecule has 4 rings (SSSR count). The summed E-state index contributed by atoms with van der Waals surface area (Å²) in [5.74, 6) is 0.799. The molecule has 0 unspecified atom stereocenters. The smallest absolute Gasteiger partial charge is 0.134 e. The van der Waals surface area contributed by atoms with Gasteiger partial charge in [-0.05, 0) is 31.0 Å². The van der Waals surface area contributed by atoms with Crippen LogP contribution in [0.4, 0.5) is 5.82 Å². The van der Waals surface area contributed by atoms with Crippen LogP contribution in [0.3, 0.4) is 0 Å². The highest BCUT2D eigenvalue weighted by molar-refractivity contribution is 6.31. The Morgan fingerprint density at radius 1 is 1.04 bits per heavy atom. The molecule has 0 atom stereocenters. The van der Waals surface area contributed by atoms with Gasteiger partial charge in [0.2, 0.25) is 0 Å². The van der Waals surface area contributed by atoms with E-state index in [1.165, 1.54) is 0 Å². The van der Waals surface area contributed by atoms with Gasteiger partial charge in [-0.1, -0.05) is 48.0 Å². The Morgan fingerprint density at radius 3 is 2.46 bits per heavy atom. The zero-order chi connectivity index (χ0) is 18.1. The van der Waals surface area contributed by atoms with E-state index >= 15 is 0 Å². The number of benzene rings is 2. The molecule has 0 spiro atoms. The fourth-order valence-corrected chi connectivity index (χ4v) is 4.05. The van der Waals surface area contributed by atoms with Crippen molar-refractivity contribution >= 4 is 28.3 Å². The quantitative estimate of drug-likeness (QED) is 0.736. The minimum Gasteiger partial charge on any atom is -0.392 e. The summed E-state index contributed by atoms with van der Waals surface area (Å²) in [4.78, 5) is 6.91. The summed E-state index contributed by atoms with van der Waals surface area (Å²) in [7, 11) is 0. The van der Waals surface area contributed by atoms with Crippen LogP contribution in [0.25, 0.3) is 10.9 Å². The minimum atomic E-state index is -0.926. The third kappa shape index (κ3) is 3.05. The number of halogens is 1. The summed E-state index contributed by atoms with van der Waals surface area (Å²) < 4.78 is 0. The first-order chi connectivity index (χ1) is 12.6. The van der Waals surface area contributed by atoms with E-state index in [4.69, 9.17) is 16.6 Å². The first-order valence-electron chi connectivity index (χ1n) is 8.82. The van der Waals surface area contributed by atoms with E-state index in [-0.39, 0.29) is 6.61 Å². The van der Waals surface area contributed by atoms with E-state index in [0.717, 1.165) is 27.8 Å². The molecule has 2 aromatic carbocycles. The number of pyridine rings is 1. The number of aliphatic hydroxyl groups excluding tert-OH is 1. The van der Waals surface area contributed by atoms with E-state index in [9.17, 15) is 10.2 Å². The number of piperidine rings is 1. The summed E-state index contributed by atoms with van der Waals surface area (Å²) in [5.41, 5.74) is 1.58. The Morgan fingerprint density at radius 2 is 1.73 bits per heavy atom. The molecule has 0 aliphatic carbocycles. The van der Waals surface area contributed by atoms with Gasteiger partial charge in [0.1, 0.15) is 5.82 Å². The number of aromatic nitrogens is 1. The molecule has 134 valence electrons. The highest BCUT2D eigenvalue weighted by Crippen LogP contribution is 2.38. The fraction of sp³-hybridized carbons (Fsp3) is 0.286. The molecule has 2 N–H and O–H groups in total. The zero-order valence-electron chi connectivity index (χ0n) is 14.4. The van der Waals surface area contributed by atoms with Gasteiger partial charge < -0.3 is 15.1 Å². The average Bonchev–Trinajstić information content (AvgIpc) is 2.68. The molecule has 26 heavy (non-hydrogen) atoms. The molecule has 0 bridgehead atoms. The van der Waals surface area contributed by atoms with Gasteiger partial charge in [-0.25, -0.2) is 4.98 Å². The molecular weight excluding hydrogens is 348 g/mol. The van der Waals surface area contributed by atoms with Crippen LogP contribution in [0, 0.1) is 0 Å². The molecular formula is C21H21ClN2O2. The van der Waals surface area contributed by atoms with Crippen LogP contribution in [-0.4, -0.2) is 28.3 Å². The van der Waals surface area contributed by atoms with Crippen LogP contribution >= 0.6 is 11.6 Å². The molecule has 4 nitrogen and oxygen atoms in total. The Bertz CT molecular complexity index is 936. The van der Waals surface area contributed by atoms with Crippen LogP contribution in [0.2, 0.25) is 5.02 Å². The lowest BCUT2D eigenvalue weighted by molar-refractivity contribution is 0.0117. The van der Waals surface area contributed by atoms with E-state index < -0.39 is 5.60 Å². The Hall–Kier alpha value is -2.14. The second-order valence-electron chi connectivity index (χ2n) is 6.82. The average molecular weight is 369 g/mol. The third-order valence-electron chi connectivity index (χ3n) is 5.22. The molecule has 5 heteroatoms. The van der Waals surface area contributed by atoms with Gasteiger partial charge in [0.05, 0.1) is 17.7 Å². The van der Waals surface area contributed by atoms with Gasteiger partial charge in [0.25, 0.3) is 0 Å². The number of para-hydroxylation sites is 1. The van der Waals surface area contributed by atoms with Crippen molar-refractivity contribution in [3.63, 3.8) is 0 Å². The van der Waals surface area contributed by atoms with E-state index in [0.29, 0.717) is 31.0 Å². The molecule has 2 heterocycles. The van der Waals surface area contributed by atoms with Gasteiger partial charge in [0.15, 0.2) is 0 Å². The summed E-state index contributed by atoms with van der Waals surface area (Å²) in [6, 6.07) is 17.4. The molecule has 1 saturated heterocycles. The number of hydrogen-bond acceptors (Lipinski definition) is 4. The third-order valence-corrected chi connectivity index (χ3v) is 5.55. The van der Waals surface area contributed by atoms with E-state index in [1.54, 1.807) is 0 Å². The maximum atomic E-state index is 11.1. The Kier molecular flexibility index (Phi) is 4.57. The van der Waals surface area contributed by atoms with Gasteiger partial charge in [-0.15, -0.1) is 0 Å². The molecule has 1 aromatic heterocycles. The normalized spacial score (nSPS) is 16.8. The van der Waals surface area contributed by atoms with Crippen molar-refractivity contribution in [1.29, 1.82) is 0 Å². The number of fused-ring (bicyclic) bond motifs is 1. The van der Waals surface area contributed by atoms with E-state index in [1.807, 2.05) is 54.6 Å². The van der Waals surface area contributed by atoms with Crippen LogP contribution in [0.15, 0.2) is 54.6 Å². The van der Waals surface area contributed by atoms with Crippen LogP contribution in [-0.2, 0) is 12.2 Å². The number of aliphatic hydroxyl groups is 2. The SMILES string of the molecule is OCc1cc2ccccc2nc1N1CCC(O)(c2ccccc2Cl)CC1. The maximum Gasteiger partial charge on any atom is 0.134 e. The lowest BCUT2D eigenvalue weighted by atomic mass is 9.84. The Balaban J connectivity index is 1.62. The zero-order valence-corrected chi connectivity index (χ0v) is 15.2. The maximum absolute atomic E-state index is 11.1. The number of nitrogens with zero attached hydrogens (tertiary/aromatic N) is 2. The standard InChI is InChI=1S/C21H21ClN2O2/c22-18-7-3-2-6-17(18)21(26)9-11-24(12-10-21)20-16(14-25)13-15-5-1-4-8-19(15)23-20/h1-8,13,25-26H,9-12,14H2. The summed E-state index contributed by atoms with van der Waals surface area (Å²) in [6.45, 7) is 1.25. The van der Waals surface area contributed by atoms with Crippen molar-refractivity contribution in [3.05, 3.63) is 70.7 Å². The van der Waals surface area contributed by atoms with Crippen molar-refractivity contribution in [2.45, 2.75) is 25.0 Å². The molecule has 3 aromatic rings. The van der Waals surface area contributed by atoms with Crippen molar-refractivity contribution < 1.29 is 10.2 Å². The van der Waals surface area contributed by atoms with Crippen LogP contribution in [0.1, 0.15) is 24.0 Å². The van der Waals surface area contributed by atoms with Crippen molar-refractivity contribution in [2.75, 3.05) is 18.0 Å². The summed E-state index contributed by atoms with van der Waals surface area (Å²) in [5, 5.41) is 22.5. The first-order valence-corrected chi connectivity index (χ1v) is 9.20. The number of rotatable bonds is 3. The van der Waals surface area contributed by atoms with E-state index in [2.05, 4.69) is 4.90 Å². The molecule has 0 saturated carbocycles. The summed E-state index contributed by atoms with van der Waals surface area (Å²) in [6.07, 6.45) is 1.13. The number of anilines is 1. The topological polar surface area (TPSA) is 56.6 Å². The lowest BCUT2D eigenvalue weighted by Crippen LogP contribution is -2.43. The van der Waals surface area contributed by atoms with Crippen molar-refractivity contribution in [1.82, 2.24) is 4.98 Å².